The maximum Gasteiger partial charge on any atom is 0.311 e. The van der Waals surface area contributed by atoms with Crippen LogP contribution < -0.4 is 9.47 Å². The van der Waals surface area contributed by atoms with Gasteiger partial charge in [0.05, 0.1) is 12.7 Å². The van der Waals surface area contributed by atoms with E-state index in [9.17, 15) is 0 Å². The number of rotatable bonds is 7. The first-order chi connectivity index (χ1) is 14.2. The van der Waals surface area contributed by atoms with Crippen molar-refractivity contribution in [2.24, 2.45) is 7.05 Å². The molecule has 4 aromatic rings. The zero-order valence-electron chi connectivity index (χ0n) is 16.1. The Bertz CT molecular complexity index is 1140. The van der Waals surface area contributed by atoms with Gasteiger partial charge in [-0.05, 0) is 31.7 Å². The molecule has 0 amide bonds. The third-order valence-corrected chi connectivity index (χ3v) is 5.08. The molecule has 1 aliphatic carbocycles. The van der Waals surface area contributed by atoms with E-state index >= 15 is 0 Å². The van der Waals surface area contributed by atoms with E-state index in [-0.39, 0.29) is 6.61 Å². The Labute approximate surface area is 165 Å². The van der Waals surface area contributed by atoms with Gasteiger partial charge < -0.3 is 14.0 Å². The van der Waals surface area contributed by atoms with E-state index in [0.717, 1.165) is 18.4 Å². The van der Waals surface area contributed by atoms with Crippen molar-refractivity contribution in [3.05, 3.63) is 29.8 Å². The molecule has 150 valence electrons. The molecule has 0 aromatic carbocycles. The molecular weight excluding hydrogens is 376 g/mol. The van der Waals surface area contributed by atoms with Gasteiger partial charge in [-0.2, -0.15) is 9.61 Å². The van der Waals surface area contributed by atoms with Gasteiger partial charge in [-0.3, -0.25) is 4.68 Å². The number of aryl methyl sites for hydroxylation is 1. The van der Waals surface area contributed by atoms with E-state index in [1.807, 2.05) is 20.0 Å². The van der Waals surface area contributed by atoms with Crippen LogP contribution in [-0.4, -0.2) is 46.3 Å². The minimum absolute atomic E-state index is 0.268. The van der Waals surface area contributed by atoms with Crippen molar-refractivity contribution in [2.75, 3.05) is 6.61 Å². The van der Waals surface area contributed by atoms with Crippen molar-refractivity contribution in [3.63, 3.8) is 0 Å². The molecule has 11 heteroatoms. The van der Waals surface area contributed by atoms with E-state index < -0.39 is 0 Å². The lowest BCUT2D eigenvalue weighted by molar-refractivity contribution is 0.226. The van der Waals surface area contributed by atoms with Crippen LogP contribution in [0.1, 0.15) is 43.5 Å². The zero-order valence-corrected chi connectivity index (χ0v) is 16.1. The van der Waals surface area contributed by atoms with Gasteiger partial charge in [-0.25, -0.2) is 4.98 Å². The molecule has 0 aliphatic heterocycles. The summed E-state index contributed by atoms with van der Waals surface area (Å²) in [6.07, 6.45) is 4.93. The fraction of sp³-hybridized carbons (Fsp3) is 0.444. The van der Waals surface area contributed by atoms with Gasteiger partial charge in [-0.1, -0.05) is 11.6 Å². The quantitative estimate of drug-likeness (QED) is 0.463. The summed E-state index contributed by atoms with van der Waals surface area (Å²) in [4.78, 5) is 4.21. The van der Waals surface area contributed by atoms with Gasteiger partial charge in [-0.15, -0.1) is 15.3 Å². The second-order valence-electron chi connectivity index (χ2n) is 6.88. The lowest BCUT2D eigenvalue weighted by atomic mass is 9.80. The van der Waals surface area contributed by atoms with Gasteiger partial charge in [0.25, 0.3) is 0 Å². The Balaban J connectivity index is 1.53. The lowest BCUT2D eigenvalue weighted by Gasteiger charge is -2.26. The highest BCUT2D eigenvalue weighted by Gasteiger charge is 2.27. The molecular formula is C18H20N8O3. The SMILES string of the molecule is CCOc1cc(-c2nnc3cc(C4CCC4)c(OCc4ncnn4C)nn23)no1. The average Bonchev–Trinajstić information content (AvgIpc) is 3.38. The molecule has 11 nitrogen and oxygen atoms in total. The molecule has 0 saturated heterocycles. The maximum absolute atomic E-state index is 6.05. The van der Waals surface area contributed by atoms with Crippen molar-refractivity contribution < 1.29 is 14.0 Å². The van der Waals surface area contributed by atoms with Crippen LogP contribution in [-0.2, 0) is 13.7 Å². The number of ether oxygens (including phenoxy) is 2. The lowest BCUT2D eigenvalue weighted by Crippen LogP contribution is -2.14. The highest BCUT2D eigenvalue weighted by molar-refractivity contribution is 5.56. The summed E-state index contributed by atoms with van der Waals surface area (Å²) in [5.74, 6) is 2.45. The fourth-order valence-corrected chi connectivity index (χ4v) is 3.27. The minimum Gasteiger partial charge on any atom is -0.468 e. The Hall–Kier alpha value is -3.50. The monoisotopic (exact) mass is 396 g/mol. The maximum atomic E-state index is 6.05. The van der Waals surface area contributed by atoms with Crippen LogP contribution in [0.25, 0.3) is 17.2 Å². The molecule has 0 atom stereocenters. The Kier molecular flexibility index (Phi) is 4.34. The number of hydrogen-bond acceptors (Lipinski definition) is 9. The van der Waals surface area contributed by atoms with Crippen LogP contribution in [0.2, 0.25) is 0 Å². The van der Waals surface area contributed by atoms with E-state index in [0.29, 0.717) is 47.3 Å². The molecule has 0 unspecified atom stereocenters. The smallest absolute Gasteiger partial charge is 0.311 e. The predicted octanol–water partition coefficient (Wildman–Crippen LogP) is 2.15. The van der Waals surface area contributed by atoms with Crippen molar-refractivity contribution in [3.8, 4) is 23.3 Å². The summed E-state index contributed by atoms with van der Waals surface area (Å²) < 4.78 is 19.9. The van der Waals surface area contributed by atoms with Gasteiger partial charge >= 0.3 is 5.95 Å². The van der Waals surface area contributed by atoms with Gasteiger partial charge in [0.2, 0.25) is 11.7 Å². The van der Waals surface area contributed by atoms with Crippen LogP contribution in [0.5, 0.6) is 11.8 Å². The minimum atomic E-state index is 0.268. The van der Waals surface area contributed by atoms with Crippen LogP contribution in [0.4, 0.5) is 0 Å². The fourth-order valence-electron chi connectivity index (χ4n) is 3.27. The first-order valence-corrected chi connectivity index (χ1v) is 9.55. The predicted molar refractivity (Wildman–Crippen MR) is 99.4 cm³/mol. The van der Waals surface area contributed by atoms with E-state index in [4.69, 9.17) is 14.0 Å². The third kappa shape index (κ3) is 3.18. The molecule has 1 saturated carbocycles. The van der Waals surface area contributed by atoms with Gasteiger partial charge in [0, 0.05) is 12.6 Å². The molecule has 0 spiro atoms. The normalized spacial score (nSPS) is 14.3. The topological polar surface area (TPSA) is 118 Å². The zero-order chi connectivity index (χ0) is 19.8. The van der Waals surface area contributed by atoms with E-state index in [1.54, 1.807) is 15.3 Å². The summed E-state index contributed by atoms with van der Waals surface area (Å²) in [7, 11) is 1.83. The van der Waals surface area contributed by atoms with Gasteiger partial charge in [0.15, 0.2) is 17.2 Å². The summed E-state index contributed by atoms with van der Waals surface area (Å²) in [6.45, 7) is 2.63. The van der Waals surface area contributed by atoms with Crippen LogP contribution in [0, 0.1) is 0 Å². The highest BCUT2D eigenvalue weighted by atomic mass is 16.6. The Morgan fingerprint density at radius 1 is 1.21 bits per heavy atom. The molecule has 5 rings (SSSR count). The van der Waals surface area contributed by atoms with E-state index in [2.05, 4.69) is 30.5 Å². The second-order valence-corrected chi connectivity index (χ2v) is 6.88. The molecule has 0 bridgehead atoms. The van der Waals surface area contributed by atoms with Crippen molar-refractivity contribution in [2.45, 2.75) is 38.7 Å². The third-order valence-electron chi connectivity index (χ3n) is 5.08. The molecule has 0 N–H and O–H groups in total. The molecule has 1 fully saturated rings. The summed E-state index contributed by atoms with van der Waals surface area (Å²) in [6, 6.07) is 3.66. The van der Waals surface area contributed by atoms with Gasteiger partial charge in [0.1, 0.15) is 12.9 Å². The largest absolute Gasteiger partial charge is 0.468 e. The average molecular weight is 396 g/mol. The summed E-state index contributed by atoms with van der Waals surface area (Å²) >= 11 is 0. The summed E-state index contributed by atoms with van der Waals surface area (Å²) in [5.41, 5.74) is 2.16. The standard InChI is InChI=1S/C18H20N8O3/c1-3-27-16-8-13(24-29-16)17-22-21-14-7-12(11-5-4-6-11)18(23-26(14)17)28-9-15-19-10-20-25(15)2/h7-8,10-11H,3-6,9H2,1-2H3. The molecule has 1 aliphatic rings. The number of aromatic nitrogens is 8. The molecule has 0 radical (unpaired) electrons. The van der Waals surface area contributed by atoms with Crippen molar-refractivity contribution in [1.82, 2.24) is 39.7 Å². The highest BCUT2D eigenvalue weighted by Crippen LogP contribution is 2.40. The van der Waals surface area contributed by atoms with Crippen LogP contribution in [0.3, 0.4) is 0 Å². The molecule has 29 heavy (non-hydrogen) atoms. The molecule has 4 heterocycles. The Morgan fingerprint density at radius 2 is 2.10 bits per heavy atom. The number of fused-ring (bicyclic) bond motifs is 1. The first kappa shape index (κ1) is 17.6. The number of hydrogen-bond donors (Lipinski definition) is 0. The number of nitrogens with zero attached hydrogens (tertiary/aromatic N) is 8. The Morgan fingerprint density at radius 3 is 2.83 bits per heavy atom. The molecule has 4 aromatic heterocycles. The van der Waals surface area contributed by atoms with Crippen molar-refractivity contribution >= 4 is 5.65 Å². The van der Waals surface area contributed by atoms with Crippen LogP contribution in [0.15, 0.2) is 23.0 Å². The summed E-state index contributed by atoms with van der Waals surface area (Å²) in [5, 5.41) is 21.3. The second kappa shape index (κ2) is 7.15. The van der Waals surface area contributed by atoms with E-state index in [1.165, 1.54) is 12.7 Å². The van der Waals surface area contributed by atoms with Crippen LogP contribution >= 0.6 is 0 Å². The first-order valence-electron chi connectivity index (χ1n) is 9.55. The van der Waals surface area contributed by atoms with Crippen molar-refractivity contribution in [1.29, 1.82) is 0 Å².